The maximum atomic E-state index is 10.9. The summed E-state index contributed by atoms with van der Waals surface area (Å²) in [5.74, 6) is 0.326. The minimum absolute atomic E-state index is 0.0200. The summed E-state index contributed by atoms with van der Waals surface area (Å²) in [7, 11) is -3.03. The van der Waals surface area contributed by atoms with E-state index in [0.29, 0.717) is 10.6 Å². The van der Waals surface area contributed by atoms with E-state index in [2.05, 4.69) is 10.2 Å². The first-order chi connectivity index (χ1) is 6.44. The highest BCUT2D eigenvalue weighted by Gasteiger charge is 2.08. The molecule has 0 spiro atoms. The number of H-pyrrole nitrogens is 1. The van der Waals surface area contributed by atoms with E-state index in [1.165, 1.54) is 4.57 Å². The normalized spacial score (nSPS) is 11.9. The van der Waals surface area contributed by atoms with Crippen LogP contribution < -0.4 is 0 Å². The van der Waals surface area contributed by atoms with Crippen molar-refractivity contribution >= 4 is 22.1 Å². The number of aromatic nitrogens is 3. The van der Waals surface area contributed by atoms with E-state index in [9.17, 15) is 8.42 Å². The van der Waals surface area contributed by atoms with E-state index in [1.807, 2.05) is 0 Å². The zero-order chi connectivity index (χ0) is 10.8. The maximum absolute atomic E-state index is 10.9. The van der Waals surface area contributed by atoms with Gasteiger partial charge in [0.05, 0.1) is 5.75 Å². The summed E-state index contributed by atoms with van der Waals surface area (Å²) >= 11 is 4.87. The second kappa shape index (κ2) is 4.20. The molecule has 6 nitrogen and oxygen atoms in total. The molecule has 0 bridgehead atoms. The Morgan fingerprint density at radius 1 is 1.64 bits per heavy atom. The van der Waals surface area contributed by atoms with Gasteiger partial charge in [-0.1, -0.05) is 0 Å². The second-order valence-electron chi connectivity index (χ2n) is 2.88. The zero-order valence-corrected chi connectivity index (χ0v) is 9.23. The van der Waals surface area contributed by atoms with Crippen LogP contribution in [0, 0.1) is 4.77 Å². The van der Waals surface area contributed by atoms with Crippen molar-refractivity contribution in [1.29, 1.82) is 0 Å². The van der Waals surface area contributed by atoms with E-state index in [4.69, 9.17) is 17.3 Å². The van der Waals surface area contributed by atoms with Crippen LogP contribution >= 0.6 is 12.2 Å². The van der Waals surface area contributed by atoms with Gasteiger partial charge in [0.15, 0.2) is 10.6 Å². The fraction of sp³-hybridized carbons (Fsp3) is 0.667. The molecule has 0 amide bonds. The van der Waals surface area contributed by atoms with Crippen molar-refractivity contribution in [1.82, 2.24) is 14.8 Å². The summed E-state index contributed by atoms with van der Waals surface area (Å²) in [5, 5.41) is 15.1. The molecule has 1 heterocycles. The average molecular weight is 237 g/mol. The number of aliphatic hydroxyl groups excluding tert-OH is 1. The number of hydrogen-bond acceptors (Lipinski definition) is 5. The van der Waals surface area contributed by atoms with Gasteiger partial charge in [0.2, 0.25) is 0 Å². The highest BCUT2D eigenvalue weighted by Crippen LogP contribution is 1.98. The molecular formula is C6H11N3O3S2. The molecule has 0 atom stereocenters. The predicted molar refractivity (Wildman–Crippen MR) is 53.0 cm³/mol. The van der Waals surface area contributed by atoms with Gasteiger partial charge in [-0.2, -0.15) is 5.10 Å². The Kier molecular flexibility index (Phi) is 3.40. The Morgan fingerprint density at radius 2 is 2.29 bits per heavy atom. The number of nitrogens with zero attached hydrogens (tertiary/aromatic N) is 2. The minimum Gasteiger partial charge on any atom is -0.388 e. The Hall–Kier alpha value is -0.730. The molecule has 0 saturated carbocycles. The molecule has 2 N–H and O–H groups in total. The number of sulfone groups is 1. The van der Waals surface area contributed by atoms with Crippen LogP contribution in [-0.2, 0) is 23.0 Å². The summed E-state index contributed by atoms with van der Waals surface area (Å²) in [6, 6.07) is 0. The molecule has 80 valence electrons. The number of nitrogens with one attached hydrogen (secondary N) is 1. The van der Waals surface area contributed by atoms with Crippen molar-refractivity contribution in [3.8, 4) is 0 Å². The SMILES string of the molecule is CS(=O)(=O)CCn1c(CO)n[nH]c1=S. The number of aliphatic hydroxyl groups is 1. The standard InChI is InChI=1S/C6H11N3O3S2/c1-14(11,12)3-2-9-5(4-10)7-8-6(9)13/h10H,2-4H2,1H3,(H,8,13). The van der Waals surface area contributed by atoms with Crippen molar-refractivity contribution in [2.75, 3.05) is 12.0 Å². The minimum atomic E-state index is -3.03. The van der Waals surface area contributed by atoms with Crippen molar-refractivity contribution in [3.05, 3.63) is 10.6 Å². The number of rotatable bonds is 4. The number of aromatic amines is 1. The van der Waals surface area contributed by atoms with E-state index >= 15 is 0 Å². The highest BCUT2D eigenvalue weighted by molar-refractivity contribution is 7.90. The summed E-state index contributed by atoms with van der Waals surface area (Å²) in [5.41, 5.74) is 0. The van der Waals surface area contributed by atoms with Crippen LogP contribution in [0.2, 0.25) is 0 Å². The second-order valence-corrected chi connectivity index (χ2v) is 5.53. The summed E-state index contributed by atoms with van der Waals surface area (Å²) < 4.78 is 23.6. The van der Waals surface area contributed by atoms with Crippen molar-refractivity contribution in [2.45, 2.75) is 13.2 Å². The van der Waals surface area contributed by atoms with Crippen LogP contribution in [0.25, 0.3) is 0 Å². The fourth-order valence-corrected chi connectivity index (χ4v) is 1.72. The molecule has 0 radical (unpaired) electrons. The first-order valence-electron chi connectivity index (χ1n) is 3.86. The molecule has 0 aliphatic carbocycles. The van der Waals surface area contributed by atoms with Crippen LogP contribution in [0.5, 0.6) is 0 Å². The number of hydrogen-bond donors (Lipinski definition) is 2. The van der Waals surface area contributed by atoms with Gasteiger partial charge < -0.3 is 9.67 Å². The predicted octanol–water partition coefficient (Wildman–Crippen LogP) is -0.522. The Balaban J connectivity index is 2.86. The zero-order valence-electron chi connectivity index (χ0n) is 7.60. The fourth-order valence-electron chi connectivity index (χ4n) is 0.959. The molecule has 0 aliphatic heterocycles. The van der Waals surface area contributed by atoms with Gasteiger partial charge in [-0.15, -0.1) is 0 Å². The molecule has 14 heavy (non-hydrogen) atoms. The van der Waals surface area contributed by atoms with Crippen LogP contribution in [0.1, 0.15) is 5.82 Å². The third-order valence-electron chi connectivity index (χ3n) is 1.66. The average Bonchev–Trinajstić information content (AvgIpc) is 2.41. The molecule has 0 aliphatic rings. The van der Waals surface area contributed by atoms with E-state index in [-0.39, 0.29) is 18.9 Å². The van der Waals surface area contributed by atoms with E-state index in [0.717, 1.165) is 6.26 Å². The van der Waals surface area contributed by atoms with Gasteiger partial charge in [0.1, 0.15) is 16.4 Å². The first-order valence-corrected chi connectivity index (χ1v) is 6.33. The molecule has 0 fully saturated rings. The van der Waals surface area contributed by atoms with Gasteiger partial charge in [-0.05, 0) is 12.2 Å². The summed E-state index contributed by atoms with van der Waals surface area (Å²) in [6.07, 6.45) is 1.15. The maximum Gasteiger partial charge on any atom is 0.195 e. The molecule has 0 unspecified atom stereocenters. The Morgan fingerprint density at radius 3 is 2.79 bits per heavy atom. The van der Waals surface area contributed by atoms with Crippen molar-refractivity contribution in [2.24, 2.45) is 0 Å². The van der Waals surface area contributed by atoms with Gasteiger partial charge >= 0.3 is 0 Å². The Labute approximate surface area is 86.5 Å². The van der Waals surface area contributed by atoms with Crippen LogP contribution in [0.15, 0.2) is 0 Å². The van der Waals surface area contributed by atoms with Gasteiger partial charge in [-0.3, -0.25) is 5.10 Å². The third kappa shape index (κ3) is 2.89. The summed E-state index contributed by atoms with van der Waals surface area (Å²) in [4.78, 5) is 0. The molecule has 0 aromatic carbocycles. The smallest absolute Gasteiger partial charge is 0.195 e. The molecule has 1 aromatic rings. The molecule has 8 heteroatoms. The van der Waals surface area contributed by atoms with Crippen molar-refractivity contribution < 1.29 is 13.5 Å². The van der Waals surface area contributed by atoms with Crippen LogP contribution in [0.3, 0.4) is 0 Å². The third-order valence-corrected chi connectivity index (χ3v) is 2.90. The summed E-state index contributed by atoms with van der Waals surface area (Å²) in [6.45, 7) is -0.0546. The Bertz CT molecular complexity index is 459. The molecule has 1 rings (SSSR count). The largest absolute Gasteiger partial charge is 0.388 e. The van der Waals surface area contributed by atoms with Crippen LogP contribution in [0.4, 0.5) is 0 Å². The topological polar surface area (TPSA) is 88.0 Å². The van der Waals surface area contributed by atoms with Gasteiger partial charge in [0, 0.05) is 12.8 Å². The molecule has 1 aromatic heterocycles. The lowest BCUT2D eigenvalue weighted by atomic mass is 10.6. The lowest BCUT2D eigenvalue weighted by Crippen LogP contribution is -2.13. The lowest BCUT2D eigenvalue weighted by molar-refractivity contribution is 0.265. The quantitative estimate of drug-likeness (QED) is 0.688. The monoisotopic (exact) mass is 237 g/mol. The van der Waals surface area contributed by atoms with Crippen LogP contribution in [-0.4, -0.2) is 40.3 Å². The molecule has 0 saturated heterocycles. The first kappa shape index (κ1) is 11.3. The van der Waals surface area contributed by atoms with Crippen molar-refractivity contribution in [3.63, 3.8) is 0 Å². The highest BCUT2D eigenvalue weighted by atomic mass is 32.2. The lowest BCUT2D eigenvalue weighted by Gasteiger charge is -2.02. The van der Waals surface area contributed by atoms with E-state index in [1.54, 1.807) is 0 Å². The molecular weight excluding hydrogens is 226 g/mol. The van der Waals surface area contributed by atoms with Gasteiger partial charge in [0.25, 0.3) is 0 Å². The van der Waals surface area contributed by atoms with Gasteiger partial charge in [-0.25, -0.2) is 8.42 Å². The van der Waals surface area contributed by atoms with E-state index < -0.39 is 9.84 Å².